The van der Waals surface area contributed by atoms with E-state index in [1.165, 1.54) is 4.58 Å². The molecule has 11 rings (SSSR count). The summed E-state index contributed by atoms with van der Waals surface area (Å²) in [7, 11) is 0. The third kappa shape index (κ3) is 7.59. The average Bonchev–Trinajstić information content (AvgIpc) is 2.13. The molecule has 0 fully saturated rings. The SMILES string of the molecule is [2H]c1c([2H])c(-c2c([2H])c([2H])c(C([2H])([2H])[2H])c([2H])c2[2H])c([N+]2=C=[N+](c3cc(Oc4ccc5c6ccncc6n(-c6cc(C(C)(C)C)ccn6)c5c4)cc(-c4c(C)cc(C)cc4C)c3)c3ccccc32)c(-c2c([2H])c([2H])c(C([2H])([2H])[2H])c([2H])c2[2H])c1[2H]. The molecule has 1 aliphatic heterocycles. The van der Waals surface area contributed by atoms with Gasteiger partial charge in [-0.2, -0.15) is 0 Å². The number of fused-ring (bicyclic) bond motifs is 4. The summed E-state index contributed by atoms with van der Waals surface area (Å²) in [5, 5.41) is 1.88. The number of hydrogen-bond acceptors (Lipinski definition) is 3. The molecule has 0 atom stereocenters. The maximum absolute atomic E-state index is 9.60. The number of benzene rings is 7. The van der Waals surface area contributed by atoms with Crippen LogP contribution in [0.4, 0.5) is 22.7 Å². The van der Waals surface area contributed by atoms with Crippen LogP contribution in [0.2, 0.25) is 0 Å². The largest absolute Gasteiger partial charge is 0.503 e. The molecule has 0 aliphatic carbocycles. The monoisotopic (exact) mass is 901 g/mol. The molecular formula is C62H53N5O+2. The normalized spacial score (nSPS) is 16.3. The summed E-state index contributed by atoms with van der Waals surface area (Å²) in [6.45, 7) is 6.12. The minimum atomic E-state index is -3.15. The van der Waals surface area contributed by atoms with Gasteiger partial charge in [0.05, 0.1) is 49.5 Å². The van der Waals surface area contributed by atoms with E-state index in [0.717, 1.165) is 49.6 Å². The van der Waals surface area contributed by atoms with Crippen molar-refractivity contribution in [3.05, 3.63) is 209 Å². The van der Waals surface area contributed by atoms with Crippen molar-refractivity contribution >= 4 is 50.6 Å². The number of hydrogen-bond donors (Lipinski definition) is 0. The Bertz CT molecular complexity index is 4440. The van der Waals surface area contributed by atoms with E-state index in [0.29, 0.717) is 34.3 Å². The standard InChI is InChI=1S/C62H53N5O/c1-39-16-20-44(21-17-39)51-12-11-13-52(45-22-18-40(2)19-23-45)61(51)66-38-65(55-14-9-10-15-56(55)66)48-32-46(60-42(4)30-41(3)31-43(60)5)33-50(35-48)68-49-24-25-53-54-27-28-63-37-58(54)67(57(53)36-49)59-34-47(26-29-64-59)62(6,7)8/h9-37H,1-8H3/q+2/i1D3,2D3,11D,12D,13D,16D,17D,18D,19D,20D,21D,22D,23D. The zero-order chi connectivity index (χ0) is 61.4. The van der Waals surface area contributed by atoms with Crippen molar-refractivity contribution in [2.75, 3.05) is 0 Å². The van der Waals surface area contributed by atoms with Gasteiger partial charge < -0.3 is 4.74 Å². The lowest BCUT2D eigenvalue weighted by Crippen LogP contribution is -2.12. The van der Waals surface area contributed by atoms with Crippen LogP contribution in [-0.4, -0.2) is 20.5 Å². The van der Waals surface area contributed by atoms with Crippen LogP contribution in [0.25, 0.3) is 61.0 Å². The maximum Gasteiger partial charge on any atom is 0.503 e. The molecule has 0 saturated carbocycles. The highest BCUT2D eigenvalue weighted by Gasteiger charge is 2.39. The van der Waals surface area contributed by atoms with Crippen molar-refractivity contribution in [1.82, 2.24) is 23.7 Å². The lowest BCUT2D eigenvalue weighted by molar-refractivity contribution is 0.483. The van der Waals surface area contributed by atoms with Gasteiger partial charge in [-0.25, -0.2) is 4.98 Å². The Kier molecular flexibility index (Phi) is 6.71. The molecule has 6 nitrogen and oxygen atoms in total. The molecular weight excluding hydrogens is 831 g/mol. The predicted octanol–water partition coefficient (Wildman–Crippen LogP) is 16.1. The molecule has 3 aromatic heterocycles. The number of para-hydroxylation sites is 3. The second kappa shape index (κ2) is 16.6. The number of aromatic nitrogens is 3. The third-order valence-corrected chi connectivity index (χ3v) is 12.1. The second-order valence-electron chi connectivity index (χ2n) is 17.9. The summed E-state index contributed by atoms with van der Waals surface area (Å²) in [5.74, 6) is 1.50. The Morgan fingerprint density at radius 3 is 1.94 bits per heavy atom. The van der Waals surface area contributed by atoms with E-state index in [1.807, 2.05) is 63.2 Å². The van der Waals surface area contributed by atoms with Crippen molar-refractivity contribution in [3.8, 4) is 50.7 Å². The van der Waals surface area contributed by atoms with Crippen LogP contribution in [0.5, 0.6) is 11.5 Å². The number of aryl methyl sites for hydroxylation is 3. The number of pyridine rings is 2. The molecule has 4 heterocycles. The maximum atomic E-state index is 9.60. The van der Waals surface area contributed by atoms with Gasteiger partial charge in [-0.3, -0.25) is 9.55 Å². The quantitative estimate of drug-likeness (QED) is 0.143. The Balaban J connectivity index is 1.23. The van der Waals surface area contributed by atoms with Gasteiger partial charge in [0.2, 0.25) is 11.4 Å². The molecule has 0 amide bonds. The Hall–Kier alpha value is -8.18. The zero-order valence-corrected chi connectivity index (χ0v) is 38.0. The number of rotatable bonds is 8. The van der Waals surface area contributed by atoms with Gasteiger partial charge >= 0.3 is 6.01 Å². The van der Waals surface area contributed by atoms with Gasteiger partial charge in [0, 0.05) is 55.7 Å². The van der Waals surface area contributed by atoms with Crippen molar-refractivity contribution in [2.45, 2.75) is 60.7 Å². The van der Waals surface area contributed by atoms with Crippen LogP contribution in [0, 0.1) is 34.5 Å². The summed E-state index contributed by atoms with van der Waals surface area (Å²) in [6, 6.07) is 21.3. The van der Waals surface area contributed by atoms with E-state index in [2.05, 4.69) is 54.5 Å². The van der Waals surface area contributed by atoms with Gasteiger partial charge in [-0.15, -0.1) is 0 Å². The average molecular weight is 901 g/mol. The van der Waals surface area contributed by atoms with Gasteiger partial charge in [0.15, 0.2) is 0 Å². The molecule has 0 bridgehead atoms. The Morgan fingerprint density at radius 2 is 1.28 bits per heavy atom. The van der Waals surface area contributed by atoms with Gasteiger partial charge in [0.1, 0.15) is 17.3 Å². The van der Waals surface area contributed by atoms with Gasteiger partial charge in [-0.05, 0) is 136 Å². The topological polar surface area (TPSA) is 46.0 Å². The van der Waals surface area contributed by atoms with Crippen LogP contribution in [-0.2, 0) is 5.41 Å². The second-order valence-corrected chi connectivity index (χ2v) is 17.9. The number of ether oxygens (including phenoxy) is 1. The first-order valence-corrected chi connectivity index (χ1v) is 22.0. The zero-order valence-electron chi connectivity index (χ0n) is 55.0. The van der Waals surface area contributed by atoms with Crippen molar-refractivity contribution in [1.29, 1.82) is 0 Å². The van der Waals surface area contributed by atoms with E-state index >= 15 is 0 Å². The fraction of sp³-hybridized carbons (Fsp3) is 0.145. The summed E-state index contributed by atoms with van der Waals surface area (Å²) < 4.78 is 163. The van der Waals surface area contributed by atoms with E-state index in [1.54, 1.807) is 53.5 Å². The molecule has 0 N–H and O–H groups in total. The lowest BCUT2D eigenvalue weighted by atomic mass is 9.88. The van der Waals surface area contributed by atoms with E-state index in [9.17, 15) is 9.60 Å². The fourth-order valence-electron chi connectivity index (χ4n) is 9.13. The summed E-state index contributed by atoms with van der Waals surface area (Å²) in [4.78, 5) is 9.32. The molecule has 10 aromatic rings. The van der Waals surface area contributed by atoms with Crippen molar-refractivity contribution in [2.24, 2.45) is 0 Å². The summed E-state index contributed by atoms with van der Waals surface area (Å²) in [5.41, 5.74) is 3.28. The molecule has 0 unspecified atom stereocenters. The Morgan fingerprint density at radius 1 is 0.618 bits per heavy atom. The first-order chi connectivity index (χ1) is 39.9. The molecule has 7 aromatic carbocycles. The molecule has 0 spiro atoms. The van der Waals surface area contributed by atoms with Crippen molar-refractivity contribution in [3.63, 3.8) is 0 Å². The highest BCUT2D eigenvalue weighted by molar-refractivity contribution is 6.09. The first-order valence-electron chi connectivity index (χ1n) is 30.5. The highest BCUT2D eigenvalue weighted by Crippen LogP contribution is 2.46. The molecule has 6 heteroatoms. The first kappa shape index (κ1) is 27.5. The minimum Gasteiger partial charge on any atom is -0.457 e. The van der Waals surface area contributed by atoms with Gasteiger partial charge in [0.25, 0.3) is 11.4 Å². The van der Waals surface area contributed by atoms with Crippen molar-refractivity contribution < 1.29 is 28.0 Å². The fourth-order valence-corrected chi connectivity index (χ4v) is 9.13. The summed E-state index contributed by atoms with van der Waals surface area (Å²) >= 11 is 0. The van der Waals surface area contributed by atoms with E-state index in [4.69, 9.17) is 23.4 Å². The molecule has 330 valence electrons. The predicted molar refractivity (Wildman–Crippen MR) is 282 cm³/mol. The molecule has 0 saturated heterocycles. The van der Waals surface area contributed by atoms with Crippen LogP contribution in [0.15, 0.2) is 176 Å². The van der Waals surface area contributed by atoms with Crippen LogP contribution in [0.3, 0.4) is 0 Å². The minimum absolute atomic E-state index is 0.177. The molecule has 1 aliphatic rings. The van der Waals surface area contributed by atoms with Gasteiger partial charge in [-0.1, -0.05) is 116 Å². The number of nitrogens with zero attached hydrogens (tertiary/aromatic N) is 5. The van der Waals surface area contributed by atoms with E-state index < -0.39 is 119 Å². The molecule has 68 heavy (non-hydrogen) atoms. The third-order valence-electron chi connectivity index (χ3n) is 12.1. The highest BCUT2D eigenvalue weighted by atomic mass is 16.5. The van der Waals surface area contributed by atoms with Crippen LogP contribution < -0.4 is 13.9 Å². The smallest absolute Gasteiger partial charge is 0.457 e. The summed E-state index contributed by atoms with van der Waals surface area (Å²) in [6.07, 6.45) is 5.34. The van der Waals surface area contributed by atoms with Crippen LogP contribution in [0.1, 0.15) is 77.5 Å². The lowest BCUT2D eigenvalue weighted by Gasteiger charge is -2.20. The Labute approximate surface area is 422 Å². The van der Waals surface area contributed by atoms with E-state index in [-0.39, 0.29) is 11.1 Å². The molecule has 0 radical (unpaired) electrons. The van der Waals surface area contributed by atoms with Crippen LogP contribution >= 0.6 is 0 Å².